The fourth-order valence-electron chi connectivity index (χ4n) is 4.49. The van der Waals surface area contributed by atoms with Crippen molar-refractivity contribution in [3.8, 4) is 0 Å². The number of halogens is 2. The molecular formula is C25H30Cl2N4O2. The Morgan fingerprint density at radius 3 is 2.09 bits per heavy atom. The molecule has 0 spiro atoms. The minimum absolute atomic E-state index is 0.0232. The zero-order valence-corrected chi connectivity index (χ0v) is 20.2. The monoisotopic (exact) mass is 488 g/mol. The smallest absolute Gasteiger partial charge is 0.323 e. The maximum Gasteiger partial charge on any atom is 0.323 e. The van der Waals surface area contributed by atoms with Crippen molar-refractivity contribution in [2.45, 2.75) is 44.9 Å². The molecule has 0 bridgehead atoms. The van der Waals surface area contributed by atoms with Gasteiger partial charge in [0.1, 0.15) is 0 Å². The van der Waals surface area contributed by atoms with E-state index in [9.17, 15) is 9.59 Å². The third kappa shape index (κ3) is 6.12. The fraction of sp³-hybridized carbons (Fsp3) is 0.440. The average molecular weight is 489 g/mol. The molecule has 2 aliphatic heterocycles. The second-order valence-corrected chi connectivity index (χ2v) is 9.51. The lowest BCUT2D eigenvalue weighted by Crippen LogP contribution is -2.33. The molecule has 8 heteroatoms. The maximum atomic E-state index is 13.2. The lowest BCUT2D eigenvalue weighted by molar-refractivity contribution is 0.0761. The fourth-order valence-corrected chi connectivity index (χ4v) is 4.79. The highest BCUT2D eigenvalue weighted by atomic mass is 35.5. The van der Waals surface area contributed by atoms with Gasteiger partial charge in [-0.25, -0.2) is 4.79 Å². The first-order valence-electron chi connectivity index (χ1n) is 11.7. The summed E-state index contributed by atoms with van der Waals surface area (Å²) in [6.45, 7) is 3.44. The number of hydrogen-bond acceptors (Lipinski definition) is 3. The molecular weight excluding hydrogens is 459 g/mol. The predicted molar refractivity (Wildman–Crippen MR) is 136 cm³/mol. The highest BCUT2D eigenvalue weighted by molar-refractivity contribution is 6.42. The highest BCUT2D eigenvalue weighted by Crippen LogP contribution is 2.31. The van der Waals surface area contributed by atoms with Gasteiger partial charge in [-0.2, -0.15) is 0 Å². The first-order chi connectivity index (χ1) is 16.0. The molecule has 33 heavy (non-hydrogen) atoms. The normalized spacial score (nSPS) is 16.8. The van der Waals surface area contributed by atoms with Crippen LogP contribution in [0.3, 0.4) is 0 Å². The number of hydrogen-bond donors (Lipinski definition) is 2. The number of urea groups is 1. The van der Waals surface area contributed by atoms with E-state index in [1.165, 1.54) is 19.3 Å². The Kier molecular flexibility index (Phi) is 7.99. The summed E-state index contributed by atoms with van der Waals surface area (Å²) in [4.78, 5) is 30.2. The zero-order valence-electron chi connectivity index (χ0n) is 18.7. The number of likely N-dealkylation sites (tertiary alicyclic amines) is 1. The van der Waals surface area contributed by atoms with Gasteiger partial charge in [0.05, 0.1) is 21.4 Å². The van der Waals surface area contributed by atoms with Crippen molar-refractivity contribution in [3.63, 3.8) is 0 Å². The van der Waals surface area contributed by atoms with Gasteiger partial charge in [0, 0.05) is 37.4 Å². The summed E-state index contributed by atoms with van der Waals surface area (Å²) in [5, 5.41) is 6.56. The topological polar surface area (TPSA) is 64.7 Å². The van der Waals surface area contributed by atoms with Gasteiger partial charge in [-0.1, -0.05) is 36.0 Å². The highest BCUT2D eigenvalue weighted by Gasteiger charge is 2.21. The van der Waals surface area contributed by atoms with Gasteiger partial charge in [-0.3, -0.25) is 4.79 Å². The molecule has 6 nitrogen and oxygen atoms in total. The van der Waals surface area contributed by atoms with Crippen LogP contribution in [-0.4, -0.2) is 43.0 Å². The predicted octanol–water partition coefficient (Wildman–Crippen LogP) is 6.64. The lowest BCUT2D eigenvalue weighted by atomic mass is 10.1. The number of anilines is 3. The minimum Gasteiger partial charge on any atom is -0.370 e. The molecule has 0 unspecified atom stereocenters. The molecule has 0 atom stereocenters. The van der Waals surface area contributed by atoms with Gasteiger partial charge in [0.25, 0.3) is 5.91 Å². The van der Waals surface area contributed by atoms with E-state index >= 15 is 0 Å². The summed E-state index contributed by atoms with van der Waals surface area (Å²) in [6, 6.07) is 10.2. The van der Waals surface area contributed by atoms with Crippen LogP contribution in [0.5, 0.6) is 0 Å². The van der Waals surface area contributed by atoms with E-state index in [0.717, 1.165) is 57.5 Å². The summed E-state index contributed by atoms with van der Waals surface area (Å²) in [5.74, 6) is 0.0232. The number of carbonyl (C=O) groups excluding carboxylic acids is 2. The van der Waals surface area contributed by atoms with Crippen molar-refractivity contribution >= 4 is 52.2 Å². The van der Waals surface area contributed by atoms with Crippen molar-refractivity contribution in [1.29, 1.82) is 0 Å². The molecule has 2 aromatic carbocycles. The molecule has 2 N–H and O–H groups in total. The van der Waals surface area contributed by atoms with Crippen molar-refractivity contribution in [2.24, 2.45) is 0 Å². The quantitative estimate of drug-likeness (QED) is 0.506. The average Bonchev–Trinajstić information content (AvgIpc) is 3.11. The standard InChI is InChI=1S/C25H30Cl2N4O2/c26-20-10-9-19(17-21(20)27)28-25(33)29-22-16-18(24(32)31-14-4-1-2-5-15-31)8-11-23(22)30-12-6-3-7-13-30/h8-11,16-17H,1-7,12-15H2,(H2,28,29,33). The number of carbonyl (C=O) groups is 2. The van der Waals surface area contributed by atoms with Crippen LogP contribution in [0.15, 0.2) is 36.4 Å². The van der Waals surface area contributed by atoms with E-state index in [4.69, 9.17) is 23.2 Å². The molecule has 0 aromatic heterocycles. The van der Waals surface area contributed by atoms with E-state index in [0.29, 0.717) is 27.0 Å². The van der Waals surface area contributed by atoms with Crippen LogP contribution in [0.4, 0.5) is 21.9 Å². The number of benzene rings is 2. The van der Waals surface area contributed by atoms with Crippen molar-refractivity contribution in [1.82, 2.24) is 4.90 Å². The summed E-state index contributed by atoms with van der Waals surface area (Å²) in [5.41, 5.74) is 2.71. The molecule has 4 rings (SSSR count). The molecule has 0 aliphatic carbocycles. The Morgan fingerprint density at radius 1 is 0.727 bits per heavy atom. The minimum atomic E-state index is -0.397. The molecule has 2 aromatic rings. The van der Waals surface area contributed by atoms with Crippen LogP contribution in [0.2, 0.25) is 10.0 Å². The van der Waals surface area contributed by atoms with Crippen LogP contribution in [0.25, 0.3) is 0 Å². The van der Waals surface area contributed by atoms with Gasteiger partial charge in [-0.15, -0.1) is 0 Å². The Bertz CT molecular complexity index is 1000. The van der Waals surface area contributed by atoms with Gasteiger partial charge in [0.15, 0.2) is 0 Å². The SMILES string of the molecule is O=C(Nc1ccc(Cl)c(Cl)c1)Nc1cc(C(=O)N2CCCCCC2)ccc1N1CCCCC1. The van der Waals surface area contributed by atoms with E-state index < -0.39 is 6.03 Å². The Hall–Kier alpha value is -2.44. The van der Waals surface area contributed by atoms with Crippen molar-refractivity contribution in [3.05, 3.63) is 52.0 Å². The number of rotatable bonds is 4. The molecule has 2 fully saturated rings. The summed E-state index contributed by atoms with van der Waals surface area (Å²) >= 11 is 12.0. The van der Waals surface area contributed by atoms with Crippen LogP contribution >= 0.6 is 23.2 Å². The third-order valence-corrected chi connectivity index (χ3v) is 7.00. The Morgan fingerprint density at radius 2 is 1.39 bits per heavy atom. The summed E-state index contributed by atoms with van der Waals surface area (Å²) < 4.78 is 0. The molecule has 3 amide bonds. The number of piperidine rings is 1. The lowest BCUT2D eigenvalue weighted by Gasteiger charge is -2.31. The van der Waals surface area contributed by atoms with Crippen LogP contribution in [0, 0.1) is 0 Å². The first-order valence-corrected chi connectivity index (χ1v) is 12.5. The second kappa shape index (κ2) is 11.1. The zero-order chi connectivity index (χ0) is 23.2. The maximum absolute atomic E-state index is 13.2. The molecule has 2 heterocycles. The molecule has 0 radical (unpaired) electrons. The van der Waals surface area contributed by atoms with Crippen LogP contribution in [-0.2, 0) is 0 Å². The Balaban J connectivity index is 1.56. The van der Waals surface area contributed by atoms with E-state index in [1.54, 1.807) is 18.2 Å². The van der Waals surface area contributed by atoms with Gasteiger partial charge in [0.2, 0.25) is 0 Å². The van der Waals surface area contributed by atoms with Crippen LogP contribution < -0.4 is 15.5 Å². The number of nitrogens with zero attached hydrogens (tertiary/aromatic N) is 2. The van der Waals surface area contributed by atoms with E-state index in [-0.39, 0.29) is 5.91 Å². The van der Waals surface area contributed by atoms with Gasteiger partial charge >= 0.3 is 6.03 Å². The van der Waals surface area contributed by atoms with E-state index in [1.807, 2.05) is 23.1 Å². The molecule has 0 saturated carbocycles. The number of nitrogens with one attached hydrogen (secondary N) is 2. The van der Waals surface area contributed by atoms with Crippen molar-refractivity contribution < 1.29 is 9.59 Å². The van der Waals surface area contributed by atoms with Crippen molar-refractivity contribution in [2.75, 3.05) is 41.7 Å². The largest absolute Gasteiger partial charge is 0.370 e. The first kappa shape index (κ1) is 23.7. The summed E-state index contributed by atoms with van der Waals surface area (Å²) in [6.07, 6.45) is 7.84. The molecule has 176 valence electrons. The second-order valence-electron chi connectivity index (χ2n) is 8.69. The van der Waals surface area contributed by atoms with Gasteiger partial charge in [-0.05, 0) is 68.5 Å². The number of amides is 3. The summed E-state index contributed by atoms with van der Waals surface area (Å²) in [7, 11) is 0. The molecule has 2 saturated heterocycles. The van der Waals surface area contributed by atoms with E-state index in [2.05, 4.69) is 15.5 Å². The third-order valence-electron chi connectivity index (χ3n) is 6.26. The Labute approximate surface area is 205 Å². The van der Waals surface area contributed by atoms with Gasteiger partial charge < -0.3 is 20.4 Å². The molecule has 2 aliphatic rings. The van der Waals surface area contributed by atoms with Crippen LogP contribution in [0.1, 0.15) is 55.3 Å².